The van der Waals surface area contributed by atoms with Crippen LogP contribution >= 0.6 is 11.6 Å². The van der Waals surface area contributed by atoms with Gasteiger partial charge < -0.3 is 5.73 Å². The number of halogens is 1. The van der Waals surface area contributed by atoms with Crippen molar-refractivity contribution in [3.63, 3.8) is 0 Å². The summed E-state index contributed by atoms with van der Waals surface area (Å²) in [5.41, 5.74) is 6.52. The molecule has 0 bridgehead atoms. The Hall–Kier alpha value is -2.26. The standard InChI is InChI=1S/C15H11ClN2O/c16-11-5-3-6-12(9-11)18-14(17)8-10-4-1-2-7-13(10)15(18)19/h1-9H,17H2. The highest BCUT2D eigenvalue weighted by Crippen LogP contribution is 2.19. The molecular weight excluding hydrogens is 260 g/mol. The molecule has 0 spiro atoms. The van der Waals surface area contributed by atoms with Crippen LogP contribution in [0.25, 0.3) is 16.5 Å². The van der Waals surface area contributed by atoms with Crippen LogP contribution in [0.5, 0.6) is 0 Å². The highest BCUT2D eigenvalue weighted by Gasteiger charge is 2.08. The zero-order chi connectivity index (χ0) is 13.4. The fourth-order valence-corrected chi connectivity index (χ4v) is 2.35. The van der Waals surface area contributed by atoms with Gasteiger partial charge in [-0.2, -0.15) is 0 Å². The Morgan fingerprint density at radius 2 is 1.79 bits per heavy atom. The molecule has 0 saturated heterocycles. The molecule has 0 aliphatic rings. The van der Waals surface area contributed by atoms with Crippen molar-refractivity contribution in [3.05, 3.63) is 70.0 Å². The minimum atomic E-state index is -0.141. The van der Waals surface area contributed by atoms with Crippen LogP contribution < -0.4 is 11.3 Å². The predicted octanol–water partition coefficient (Wildman–Crippen LogP) is 3.23. The first-order valence-corrected chi connectivity index (χ1v) is 6.21. The molecule has 94 valence electrons. The lowest BCUT2D eigenvalue weighted by Gasteiger charge is -2.11. The summed E-state index contributed by atoms with van der Waals surface area (Å²) in [4.78, 5) is 12.5. The fourth-order valence-electron chi connectivity index (χ4n) is 2.16. The first kappa shape index (κ1) is 11.8. The number of hydrogen-bond acceptors (Lipinski definition) is 2. The van der Waals surface area contributed by atoms with E-state index in [1.54, 1.807) is 36.4 Å². The molecule has 0 fully saturated rings. The van der Waals surface area contributed by atoms with E-state index in [0.29, 0.717) is 21.9 Å². The average Bonchev–Trinajstić information content (AvgIpc) is 2.39. The van der Waals surface area contributed by atoms with Crippen LogP contribution in [0.2, 0.25) is 5.02 Å². The van der Waals surface area contributed by atoms with Gasteiger partial charge in [0.25, 0.3) is 5.56 Å². The van der Waals surface area contributed by atoms with E-state index < -0.39 is 0 Å². The summed E-state index contributed by atoms with van der Waals surface area (Å²) in [5.74, 6) is 0.394. The Morgan fingerprint density at radius 3 is 2.58 bits per heavy atom. The van der Waals surface area contributed by atoms with Crippen LogP contribution in [0.15, 0.2) is 59.4 Å². The van der Waals surface area contributed by atoms with Crippen molar-refractivity contribution < 1.29 is 0 Å². The van der Waals surface area contributed by atoms with Crippen LogP contribution in [0.1, 0.15) is 0 Å². The number of nitrogens with zero attached hydrogens (tertiary/aromatic N) is 1. The lowest BCUT2D eigenvalue weighted by Crippen LogP contribution is -2.21. The van der Waals surface area contributed by atoms with Gasteiger partial charge in [-0.1, -0.05) is 35.9 Å². The van der Waals surface area contributed by atoms with Crippen molar-refractivity contribution in [1.82, 2.24) is 4.57 Å². The van der Waals surface area contributed by atoms with E-state index in [1.807, 2.05) is 18.2 Å². The number of anilines is 1. The molecule has 0 unspecified atom stereocenters. The first-order valence-electron chi connectivity index (χ1n) is 5.83. The molecule has 0 aliphatic carbocycles. The molecule has 3 nitrogen and oxygen atoms in total. The van der Waals surface area contributed by atoms with E-state index >= 15 is 0 Å². The second-order valence-corrected chi connectivity index (χ2v) is 4.71. The van der Waals surface area contributed by atoms with Gasteiger partial charge in [-0.3, -0.25) is 9.36 Å². The van der Waals surface area contributed by atoms with Crippen molar-refractivity contribution in [2.75, 3.05) is 5.73 Å². The maximum atomic E-state index is 12.5. The van der Waals surface area contributed by atoms with Crippen molar-refractivity contribution in [2.24, 2.45) is 0 Å². The maximum Gasteiger partial charge on any atom is 0.264 e. The summed E-state index contributed by atoms with van der Waals surface area (Å²) in [5, 5.41) is 2.04. The minimum absolute atomic E-state index is 0.141. The largest absolute Gasteiger partial charge is 0.385 e. The zero-order valence-corrected chi connectivity index (χ0v) is 10.8. The van der Waals surface area contributed by atoms with Crippen molar-refractivity contribution >= 4 is 28.2 Å². The number of nitrogens with two attached hydrogens (primary N) is 1. The minimum Gasteiger partial charge on any atom is -0.385 e. The second-order valence-electron chi connectivity index (χ2n) is 4.28. The van der Waals surface area contributed by atoms with E-state index in [0.717, 1.165) is 5.39 Å². The van der Waals surface area contributed by atoms with Gasteiger partial charge in [0.1, 0.15) is 5.82 Å². The van der Waals surface area contributed by atoms with Crippen molar-refractivity contribution in [3.8, 4) is 5.69 Å². The maximum absolute atomic E-state index is 12.5. The van der Waals surface area contributed by atoms with Gasteiger partial charge in [0.15, 0.2) is 0 Å². The molecule has 0 aliphatic heterocycles. The number of aromatic nitrogens is 1. The Labute approximate surface area is 114 Å². The molecule has 0 atom stereocenters. The van der Waals surface area contributed by atoms with Crippen LogP contribution in [0.3, 0.4) is 0 Å². The molecule has 2 aromatic carbocycles. The molecule has 3 aromatic rings. The van der Waals surface area contributed by atoms with E-state index in [2.05, 4.69) is 0 Å². The number of nitrogen functional groups attached to an aromatic ring is 1. The number of rotatable bonds is 1. The summed E-state index contributed by atoms with van der Waals surface area (Å²) in [7, 11) is 0. The van der Waals surface area contributed by atoms with Gasteiger partial charge in [0, 0.05) is 10.4 Å². The van der Waals surface area contributed by atoms with Crippen LogP contribution in [0, 0.1) is 0 Å². The Bertz CT molecular complexity index is 824. The van der Waals surface area contributed by atoms with E-state index in [9.17, 15) is 4.79 Å². The third-order valence-electron chi connectivity index (χ3n) is 3.02. The third-order valence-corrected chi connectivity index (χ3v) is 3.26. The monoisotopic (exact) mass is 270 g/mol. The van der Waals surface area contributed by atoms with Crippen LogP contribution in [0.4, 0.5) is 5.82 Å². The summed E-state index contributed by atoms with van der Waals surface area (Å²) in [6, 6.07) is 16.2. The smallest absolute Gasteiger partial charge is 0.264 e. The highest BCUT2D eigenvalue weighted by molar-refractivity contribution is 6.30. The molecule has 0 radical (unpaired) electrons. The summed E-state index contributed by atoms with van der Waals surface area (Å²) < 4.78 is 1.47. The molecule has 0 saturated carbocycles. The normalized spacial score (nSPS) is 10.8. The second kappa shape index (κ2) is 4.44. The number of pyridine rings is 1. The molecule has 3 rings (SSSR count). The quantitative estimate of drug-likeness (QED) is 0.738. The molecule has 1 heterocycles. The average molecular weight is 271 g/mol. The molecule has 1 aromatic heterocycles. The van der Waals surface area contributed by atoms with Gasteiger partial charge in [-0.05, 0) is 35.7 Å². The highest BCUT2D eigenvalue weighted by atomic mass is 35.5. The zero-order valence-electron chi connectivity index (χ0n) is 10.0. The fraction of sp³-hybridized carbons (Fsp3) is 0. The predicted molar refractivity (Wildman–Crippen MR) is 79.0 cm³/mol. The van der Waals surface area contributed by atoms with Gasteiger partial charge in [-0.15, -0.1) is 0 Å². The SMILES string of the molecule is Nc1cc2ccccc2c(=O)n1-c1cccc(Cl)c1. The van der Waals surface area contributed by atoms with Gasteiger partial charge >= 0.3 is 0 Å². The van der Waals surface area contributed by atoms with E-state index in [1.165, 1.54) is 4.57 Å². The molecule has 0 amide bonds. The Morgan fingerprint density at radius 1 is 1.00 bits per heavy atom. The van der Waals surface area contributed by atoms with Crippen molar-refractivity contribution in [2.45, 2.75) is 0 Å². The lowest BCUT2D eigenvalue weighted by atomic mass is 10.1. The Balaban J connectivity index is 2.39. The summed E-state index contributed by atoms with van der Waals surface area (Å²) in [6.07, 6.45) is 0. The first-order chi connectivity index (χ1) is 9.16. The molecular formula is C15H11ClN2O. The van der Waals surface area contributed by atoms with Gasteiger partial charge in [0.05, 0.1) is 5.69 Å². The van der Waals surface area contributed by atoms with Crippen molar-refractivity contribution in [1.29, 1.82) is 0 Å². The lowest BCUT2D eigenvalue weighted by molar-refractivity contribution is 1.02. The van der Waals surface area contributed by atoms with Gasteiger partial charge in [0.2, 0.25) is 0 Å². The topological polar surface area (TPSA) is 48.0 Å². The Kier molecular flexibility index (Phi) is 2.76. The number of fused-ring (bicyclic) bond motifs is 1. The number of hydrogen-bond donors (Lipinski definition) is 1. The van der Waals surface area contributed by atoms with E-state index in [-0.39, 0.29) is 5.56 Å². The number of benzene rings is 2. The summed E-state index contributed by atoms with van der Waals surface area (Å²) in [6.45, 7) is 0. The van der Waals surface area contributed by atoms with Gasteiger partial charge in [-0.25, -0.2) is 0 Å². The molecule has 4 heteroatoms. The third kappa shape index (κ3) is 1.98. The summed E-state index contributed by atoms with van der Waals surface area (Å²) >= 11 is 5.96. The van der Waals surface area contributed by atoms with E-state index in [4.69, 9.17) is 17.3 Å². The molecule has 19 heavy (non-hydrogen) atoms. The molecule has 2 N–H and O–H groups in total. The van der Waals surface area contributed by atoms with Crippen LogP contribution in [-0.4, -0.2) is 4.57 Å². The van der Waals surface area contributed by atoms with Crippen LogP contribution in [-0.2, 0) is 0 Å².